The number of amides is 2. The molecule has 7 heteroatoms. The van der Waals surface area contributed by atoms with Crippen LogP contribution in [-0.4, -0.2) is 23.1 Å². The van der Waals surface area contributed by atoms with E-state index in [-0.39, 0.29) is 24.3 Å². The van der Waals surface area contributed by atoms with Crippen molar-refractivity contribution in [2.75, 3.05) is 5.32 Å². The third-order valence-corrected chi connectivity index (χ3v) is 2.38. The van der Waals surface area contributed by atoms with E-state index >= 15 is 0 Å². The van der Waals surface area contributed by atoms with Crippen molar-refractivity contribution in [2.24, 2.45) is 10.9 Å². The van der Waals surface area contributed by atoms with E-state index in [1.807, 2.05) is 0 Å². The van der Waals surface area contributed by atoms with E-state index in [9.17, 15) is 4.79 Å². The number of amidine groups is 1. The van der Waals surface area contributed by atoms with Crippen LogP contribution < -0.4 is 16.4 Å². The smallest absolute Gasteiger partial charge is 0.319 e. The number of nitrogens with zero attached hydrogens (tertiary/aromatic N) is 1. The maximum absolute atomic E-state index is 11.6. The first-order valence-corrected chi connectivity index (χ1v) is 5.68. The number of nitrogens with two attached hydrogens (primary N) is 1. The van der Waals surface area contributed by atoms with Gasteiger partial charge in [0, 0.05) is 23.2 Å². The number of anilines is 1. The van der Waals surface area contributed by atoms with Crippen molar-refractivity contribution in [1.82, 2.24) is 5.32 Å². The Morgan fingerprint density at radius 1 is 1.50 bits per heavy atom. The number of halogens is 1. The minimum atomic E-state index is -0.365. The van der Waals surface area contributed by atoms with Gasteiger partial charge in [0.05, 0.1) is 0 Å². The first kappa shape index (κ1) is 14.1. The minimum absolute atomic E-state index is 0.0642. The van der Waals surface area contributed by atoms with Gasteiger partial charge >= 0.3 is 6.03 Å². The van der Waals surface area contributed by atoms with Gasteiger partial charge in [0.15, 0.2) is 0 Å². The summed E-state index contributed by atoms with van der Waals surface area (Å²) in [4.78, 5) is 11.6. The van der Waals surface area contributed by atoms with E-state index in [1.165, 1.54) is 0 Å². The molecule has 0 fully saturated rings. The Hall–Kier alpha value is -1.95. The summed E-state index contributed by atoms with van der Waals surface area (Å²) in [6, 6.07) is 6.13. The number of urea groups is 1. The third-order valence-electron chi connectivity index (χ3n) is 2.12. The largest absolute Gasteiger partial charge is 0.409 e. The fourth-order valence-corrected chi connectivity index (χ4v) is 1.46. The highest BCUT2D eigenvalue weighted by atomic mass is 35.5. The molecule has 0 aliphatic carbocycles. The highest BCUT2D eigenvalue weighted by Gasteiger charge is 2.09. The molecule has 0 heterocycles. The van der Waals surface area contributed by atoms with Crippen molar-refractivity contribution in [2.45, 2.75) is 19.4 Å². The van der Waals surface area contributed by atoms with Gasteiger partial charge in [0.2, 0.25) is 0 Å². The van der Waals surface area contributed by atoms with E-state index in [2.05, 4.69) is 15.8 Å². The van der Waals surface area contributed by atoms with E-state index in [0.717, 1.165) is 0 Å². The van der Waals surface area contributed by atoms with Crippen molar-refractivity contribution in [3.63, 3.8) is 0 Å². The lowest BCUT2D eigenvalue weighted by Crippen LogP contribution is -2.38. The molecule has 5 N–H and O–H groups in total. The monoisotopic (exact) mass is 270 g/mol. The van der Waals surface area contributed by atoms with Gasteiger partial charge < -0.3 is 21.6 Å². The Morgan fingerprint density at radius 2 is 2.11 bits per heavy atom. The molecule has 2 amide bonds. The van der Waals surface area contributed by atoms with Gasteiger partial charge in [0.25, 0.3) is 0 Å². The molecular weight excluding hydrogens is 256 g/mol. The number of rotatable bonds is 4. The Morgan fingerprint density at radius 3 is 2.67 bits per heavy atom. The summed E-state index contributed by atoms with van der Waals surface area (Å²) in [6.45, 7) is 1.75. The van der Waals surface area contributed by atoms with E-state index in [4.69, 9.17) is 22.5 Å². The van der Waals surface area contributed by atoms with Gasteiger partial charge in [-0.3, -0.25) is 0 Å². The quantitative estimate of drug-likeness (QED) is 0.291. The second kappa shape index (κ2) is 6.70. The molecule has 0 bridgehead atoms. The maximum atomic E-state index is 11.6. The normalized spacial score (nSPS) is 12.9. The molecule has 1 aromatic rings. The molecule has 6 nitrogen and oxygen atoms in total. The van der Waals surface area contributed by atoms with E-state index < -0.39 is 0 Å². The molecule has 1 rings (SSSR count). The van der Waals surface area contributed by atoms with Gasteiger partial charge in [-0.2, -0.15) is 0 Å². The fourth-order valence-electron chi connectivity index (χ4n) is 1.33. The second-order valence-corrected chi connectivity index (χ2v) is 4.24. The first-order valence-electron chi connectivity index (χ1n) is 5.30. The van der Waals surface area contributed by atoms with Crippen LogP contribution in [-0.2, 0) is 0 Å². The Bertz CT molecular complexity index is 433. The molecule has 0 saturated heterocycles. The van der Waals surface area contributed by atoms with Crippen LogP contribution in [0.15, 0.2) is 29.4 Å². The molecule has 0 aromatic heterocycles. The standard InChI is InChI=1S/C11H15ClN4O2/c1-7(6-10(13)16-18)14-11(17)15-9-4-2-8(12)3-5-9/h2-5,7,18H,6H2,1H3,(H2,13,16)(H2,14,15,17). The van der Waals surface area contributed by atoms with Gasteiger partial charge in [-0.05, 0) is 31.2 Å². The van der Waals surface area contributed by atoms with Gasteiger partial charge in [0.1, 0.15) is 5.84 Å². The lowest BCUT2D eigenvalue weighted by atomic mass is 10.2. The summed E-state index contributed by atoms with van der Waals surface area (Å²) in [5.74, 6) is 0.0642. The summed E-state index contributed by atoms with van der Waals surface area (Å²) in [5, 5.41) is 17.1. The summed E-state index contributed by atoms with van der Waals surface area (Å²) in [7, 11) is 0. The summed E-state index contributed by atoms with van der Waals surface area (Å²) in [6.07, 6.45) is 0.268. The zero-order valence-corrected chi connectivity index (χ0v) is 10.6. The van der Waals surface area contributed by atoms with Crippen molar-refractivity contribution in [3.8, 4) is 0 Å². The van der Waals surface area contributed by atoms with Crippen LogP contribution in [0.2, 0.25) is 5.02 Å². The van der Waals surface area contributed by atoms with Crippen LogP contribution in [0.3, 0.4) is 0 Å². The summed E-state index contributed by atoms with van der Waals surface area (Å²) >= 11 is 5.73. The molecule has 18 heavy (non-hydrogen) atoms. The molecule has 0 aliphatic heterocycles. The molecule has 0 spiro atoms. The summed E-state index contributed by atoms with van der Waals surface area (Å²) < 4.78 is 0. The molecule has 0 aliphatic rings. The van der Waals surface area contributed by atoms with Gasteiger partial charge in [-0.25, -0.2) is 4.79 Å². The van der Waals surface area contributed by atoms with Crippen molar-refractivity contribution in [1.29, 1.82) is 0 Å². The number of nitrogens with one attached hydrogen (secondary N) is 2. The number of hydrogen-bond donors (Lipinski definition) is 4. The van der Waals surface area contributed by atoms with Crippen LogP contribution in [0.25, 0.3) is 0 Å². The Kier molecular flexibility index (Phi) is 5.26. The van der Waals surface area contributed by atoms with Crippen molar-refractivity contribution >= 4 is 29.2 Å². The van der Waals surface area contributed by atoms with Crippen molar-refractivity contribution in [3.05, 3.63) is 29.3 Å². The second-order valence-electron chi connectivity index (χ2n) is 3.80. The molecular formula is C11H15ClN4O2. The lowest BCUT2D eigenvalue weighted by molar-refractivity contribution is 0.249. The predicted molar refractivity (Wildman–Crippen MR) is 71.1 cm³/mol. The zero-order valence-electron chi connectivity index (χ0n) is 9.85. The fraction of sp³-hybridized carbons (Fsp3) is 0.273. The number of carbonyl (C=O) groups excluding carboxylic acids is 1. The molecule has 1 unspecified atom stereocenters. The molecule has 0 saturated carbocycles. The number of hydrogen-bond acceptors (Lipinski definition) is 3. The molecule has 0 radical (unpaired) electrons. The highest BCUT2D eigenvalue weighted by molar-refractivity contribution is 6.30. The average molecular weight is 271 g/mol. The van der Waals surface area contributed by atoms with Crippen LogP contribution in [0.5, 0.6) is 0 Å². The van der Waals surface area contributed by atoms with Crippen LogP contribution in [0, 0.1) is 0 Å². The first-order chi connectivity index (χ1) is 8.51. The van der Waals surface area contributed by atoms with E-state index in [0.29, 0.717) is 10.7 Å². The number of benzene rings is 1. The number of carbonyl (C=O) groups is 1. The lowest BCUT2D eigenvalue weighted by Gasteiger charge is -2.13. The highest BCUT2D eigenvalue weighted by Crippen LogP contribution is 2.13. The Labute approximate surface area is 110 Å². The van der Waals surface area contributed by atoms with Crippen molar-refractivity contribution < 1.29 is 10.0 Å². The molecule has 98 valence electrons. The summed E-state index contributed by atoms with van der Waals surface area (Å²) in [5.41, 5.74) is 5.96. The topological polar surface area (TPSA) is 99.7 Å². The maximum Gasteiger partial charge on any atom is 0.319 e. The average Bonchev–Trinajstić information content (AvgIpc) is 2.31. The minimum Gasteiger partial charge on any atom is -0.409 e. The Balaban J connectivity index is 2.44. The van der Waals surface area contributed by atoms with Gasteiger partial charge in [-0.15, -0.1) is 0 Å². The SMILES string of the molecule is CC(CC(N)=NO)NC(=O)Nc1ccc(Cl)cc1. The van der Waals surface area contributed by atoms with Crippen LogP contribution >= 0.6 is 11.6 Å². The predicted octanol–water partition coefficient (Wildman–Crippen LogP) is 1.99. The third kappa shape index (κ3) is 4.92. The van der Waals surface area contributed by atoms with Crippen LogP contribution in [0.1, 0.15) is 13.3 Å². The zero-order chi connectivity index (χ0) is 13.5. The van der Waals surface area contributed by atoms with Gasteiger partial charge in [-0.1, -0.05) is 16.8 Å². The molecule has 1 atom stereocenters. The van der Waals surface area contributed by atoms with Crippen LogP contribution in [0.4, 0.5) is 10.5 Å². The molecule has 1 aromatic carbocycles. The van der Waals surface area contributed by atoms with E-state index in [1.54, 1.807) is 31.2 Å². The number of oxime groups is 1.